The van der Waals surface area contributed by atoms with Crippen LogP contribution in [0.25, 0.3) is 38.5 Å². The zero-order valence-electron chi connectivity index (χ0n) is 19.9. The monoisotopic (exact) mass is 478 g/mol. The van der Waals surface area contributed by atoms with Crippen LogP contribution in [-0.2, 0) is 14.1 Å². The summed E-state index contributed by atoms with van der Waals surface area (Å²) in [6.45, 7) is 0. The third-order valence-corrected chi connectivity index (χ3v) is 6.56. The lowest BCUT2D eigenvalue weighted by molar-refractivity contribution is 0.0941. The fourth-order valence-electron chi connectivity index (χ4n) is 4.83. The number of fused-ring (bicyclic) bond motifs is 4. The molecule has 0 amide bonds. The van der Waals surface area contributed by atoms with Crippen LogP contribution >= 0.6 is 0 Å². The lowest BCUT2D eigenvalue weighted by Crippen LogP contribution is -2.31. The number of ketones is 1. The molecule has 1 unspecified atom stereocenters. The van der Waals surface area contributed by atoms with E-state index in [2.05, 4.69) is 25.5 Å². The predicted octanol–water partition coefficient (Wildman–Crippen LogP) is 2.70. The van der Waals surface area contributed by atoms with Gasteiger partial charge >= 0.3 is 0 Å². The number of hydrogen-bond acceptors (Lipinski definition) is 7. The Balaban J connectivity index is 1.67. The molecule has 1 atom stereocenters. The van der Waals surface area contributed by atoms with Crippen molar-refractivity contribution in [3.63, 3.8) is 0 Å². The fraction of sp³-hybridized carbons (Fsp3) is 0.154. The molecule has 0 aliphatic rings. The van der Waals surface area contributed by atoms with Gasteiger partial charge in [-0.05, 0) is 25.2 Å². The van der Waals surface area contributed by atoms with Crippen LogP contribution in [0.4, 0.5) is 0 Å². The second kappa shape index (κ2) is 8.21. The van der Waals surface area contributed by atoms with E-state index >= 15 is 0 Å². The Labute approximate surface area is 204 Å². The van der Waals surface area contributed by atoms with Crippen molar-refractivity contribution in [2.45, 2.75) is 6.04 Å². The number of nitrogens with zero attached hydrogens (tertiary/aromatic N) is 7. The van der Waals surface area contributed by atoms with Gasteiger partial charge in [-0.25, -0.2) is 9.97 Å². The number of hydrogen-bond donors (Lipinski definition) is 1. The van der Waals surface area contributed by atoms with E-state index in [0.717, 1.165) is 10.9 Å². The zero-order valence-corrected chi connectivity index (χ0v) is 19.9. The maximum Gasteiger partial charge on any atom is 0.296 e. The molecule has 2 aromatic carbocycles. The summed E-state index contributed by atoms with van der Waals surface area (Å²) in [5, 5.41) is 14.0. The minimum Gasteiger partial charge on any atom is -0.339 e. The van der Waals surface area contributed by atoms with Crippen LogP contribution in [0, 0.1) is 0 Å². The molecular weight excluding hydrogens is 456 g/mol. The van der Waals surface area contributed by atoms with Gasteiger partial charge in [0.1, 0.15) is 23.6 Å². The third-order valence-electron chi connectivity index (χ3n) is 6.56. The summed E-state index contributed by atoms with van der Waals surface area (Å²) in [7, 11) is 5.31. The average molecular weight is 479 g/mol. The second-order valence-corrected chi connectivity index (χ2v) is 8.55. The van der Waals surface area contributed by atoms with Crippen molar-refractivity contribution in [1.29, 1.82) is 0 Å². The Kier molecular flexibility index (Phi) is 4.97. The first kappa shape index (κ1) is 21.8. The van der Waals surface area contributed by atoms with Crippen LogP contribution < -0.4 is 10.9 Å². The third kappa shape index (κ3) is 3.08. The van der Waals surface area contributed by atoms with E-state index in [9.17, 15) is 9.59 Å². The SMILES string of the molecule is CNC(C(=O)c1nn(-c2ccccc2)c(=O)c2c1c1ccccc1n2C)c1ncnc2c1cnn2C. The predicted molar refractivity (Wildman–Crippen MR) is 136 cm³/mol. The van der Waals surface area contributed by atoms with E-state index in [-0.39, 0.29) is 17.0 Å². The van der Waals surface area contributed by atoms with E-state index < -0.39 is 6.04 Å². The van der Waals surface area contributed by atoms with Crippen LogP contribution in [-0.4, -0.2) is 46.9 Å². The van der Waals surface area contributed by atoms with Crippen molar-refractivity contribution in [1.82, 2.24) is 39.4 Å². The van der Waals surface area contributed by atoms with Gasteiger partial charge in [0.25, 0.3) is 5.56 Å². The standard InChI is InChI=1S/C26H22N8O2/c1-27-22(20-17-13-30-33(3)25(17)29-14-28-20)24(35)21-19-16-11-7-8-12-18(16)32(2)23(19)26(36)34(31-21)15-9-5-4-6-10-15/h4-14,22,27H,1-3H3. The molecule has 0 fully saturated rings. The van der Waals surface area contributed by atoms with Gasteiger partial charge in [-0.1, -0.05) is 36.4 Å². The van der Waals surface area contributed by atoms with Crippen molar-refractivity contribution < 1.29 is 4.79 Å². The topological polar surface area (TPSA) is 113 Å². The number of aromatic nitrogens is 7. The molecule has 0 spiro atoms. The Bertz CT molecular complexity index is 1850. The van der Waals surface area contributed by atoms with Crippen LogP contribution in [0.1, 0.15) is 22.2 Å². The van der Waals surface area contributed by atoms with Crippen molar-refractivity contribution in [3.8, 4) is 5.69 Å². The molecule has 0 bridgehead atoms. The summed E-state index contributed by atoms with van der Waals surface area (Å²) >= 11 is 0. The first-order valence-electron chi connectivity index (χ1n) is 11.4. The number of carbonyl (C=O) groups is 1. The molecule has 36 heavy (non-hydrogen) atoms. The fourth-order valence-corrected chi connectivity index (χ4v) is 4.83. The number of nitrogens with one attached hydrogen (secondary N) is 1. The first-order valence-corrected chi connectivity index (χ1v) is 11.4. The van der Waals surface area contributed by atoms with Gasteiger partial charge in [0.15, 0.2) is 5.65 Å². The molecule has 6 rings (SSSR count). The van der Waals surface area contributed by atoms with E-state index in [0.29, 0.717) is 33.3 Å². The lowest BCUT2D eigenvalue weighted by Gasteiger charge is -2.16. The summed E-state index contributed by atoms with van der Waals surface area (Å²) in [6, 6.07) is 15.9. The average Bonchev–Trinajstić information content (AvgIpc) is 3.44. The van der Waals surface area contributed by atoms with Gasteiger partial charge < -0.3 is 9.88 Å². The summed E-state index contributed by atoms with van der Waals surface area (Å²) in [4.78, 5) is 36.7. The van der Waals surface area contributed by atoms with Crippen molar-refractivity contribution >= 4 is 38.6 Å². The highest BCUT2D eigenvalue weighted by atomic mass is 16.1. The number of Topliss-reactive ketones (excluding diaryl/α,β-unsaturated/α-hetero) is 1. The smallest absolute Gasteiger partial charge is 0.296 e. The van der Waals surface area contributed by atoms with Crippen molar-refractivity contribution in [2.24, 2.45) is 14.1 Å². The molecule has 4 aromatic heterocycles. The number of likely N-dealkylation sites (N-methyl/N-ethyl adjacent to an activating group) is 1. The van der Waals surface area contributed by atoms with Crippen LogP contribution in [0.3, 0.4) is 0 Å². The molecule has 10 heteroatoms. The second-order valence-electron chi connectivity index (χ2n) is 8.55. The number of aryl methyl sites for hydroxylation is 2. The Morgan fingerprint density at radius 1 is 0.972 bits per heavy atom. The highest BCUT2D eigenvalue weighted by Crippen LogP contribution is 2.31. The summed E-state index contributed by atoms with van der Waals surface area (Å²) < 4.78 is 4.75. The Morgan fingerprint density at radius 2 is 1.72 bits per heavy atom. The molecule has 0 radical (unpaired) electrons. The van der Waals surface area contributed by atoms with Gasteiger partial charge in [-0.2, -0.15) is 14.9 Å². The number of para-hydroxylation sites is 2. The quantitative estimate of drug-likeness (QED) is 0.379. The van der Waals surface area contributed by atoms with Gasteiger partial charge in [0.05, 0.1) is 23.0 Å². The molecule has 0 aliphatic carbocycles. The maximum atomic E-state index is 14.3. The van der Waals surface area contributed by atoms with Gasteiger partial charge in [0.2, 0.25) is 5.78 Å². The summed E-state index contributed by atoms with van der Waals surface area (Å²) in [6.07, 6.45) is 3.07. The minimum atomic E-state index is -0.837. The van der Waals surface area contributed by atoms with Crippen molar-refractivity contribution in [3.05, 3.63) is 88.9 Å². The Hall–Kier alpha value is -4.70. The first-order chi connectivity index (χ1) is 17.5. The molecule has 4 heterocycles. The maximum absolute atomic E-state index is 14.3. The van der Waals surface area contributed by atoms with Crippen molar-refractivity contribution in [2.75, 3.05) is 7.05 Å². The normalized spacial score (nSPS) is 12.5. The molecule has 178 valence electrons. The molecule has 0 aliphatic heterocycles. The van der Waals surface area contributed by atoms with E-state index in [1.807, 2.05) is 54.1 Å². The van der Waals surface area contributed by atoms with Crippen LogP contribution in [0.5, 0.6) is 0 Å². The highest BCUT2D eigenvalue weighted by molar-refractivity contribution is 6.18. The van der Waals surface area contributed by atoms with E-state index in [4.69, 9.17) is 0 Å². The highest BCUT2D eigenvalue weighted by Gasteiger charge is 2.31. The zero-order chi connectivity index (χ0) is 25.0. The molecule has 6 aromatic rings. The van der Waals surface area contributed by atoms with Crippen LogP contribution in [0.15, 0.2) is 71.9 Å². The molecule has 1 N–H and O–H groups in total. The molecular formula is C26H22N8O2. The molecule has 0 saturated carbocycles. The lowest BCUT2D eigenvalue weighted by atomic mass is 10.0. The largest absolute Gasteiger partial charge is 0.339 e. The van der Waals surface area contributed by atoms with Gasteiger partial charge in [0, 0.05) is 30.4 Å². The van der Waals surface area contributed by atoms with Gasteiger partial charge in [-0.3, -0.25) is 14.3 Å². The summed E-state index contributed by atoms with van der Waals surface area (Å²) in [5.74, 6) is -0.313. The molecule has 10 nitrogen and oxygen atoms in total. The number of rotatable bonds is 5. The van der Waals surface area contributed by atoms with Crippen LogP contribution in [0.2, 0.25) is 0 Å². The van der Waals surface area contributed by atoms with Gasteiger partial charge in [-0.15, -0.1) is 0 Å². The van der Waals surface area contributed by atoms with E-state index in [1.54, 1.807) is 37.1 Å². The summed E-state index contributed by atoms with van der Waals surface area (Å²) in [5.41, 5.74) is 2.80. The van der Waals surface area contributed by atoms with E-state index in [1.165, 1.54) is 11.0 Å². The number of benzene rings is 2. The molecule has 0 saturated heterocycles. The number of carbonyl (C=O) groups excluding carboxylic acids is 1. The Morgan fingerprint density at radius 3 is 2.50 bits per heavy atom. The minimum absolute atomic E-state index is 0.181.